The molecule has 1 aromatic rings. The average molecular weight is 469 g/mol. The van der Waals surface area contributed by atoms with Crippen molar-refractivity contribution >= 4 is 22.6 Å². The molecule has 0 N–H and O–H groups in total. The van der Waals surface area contributed by atoms with Gasteiger partial charge in [-0.15, -0.1) is 0 Å². The Balaban J connectivity index is 1.30. The summed E-state index contributed by atoms with van der Waals surface area (Å²) in [5.41, 5.74) is 1.37. The molecule has 0 radical (unpaired) electrons. The molecule has 1 aromatic carbocycles. The minimum absolute atomic E-state index is 0.196. The Morgan fingerprint density at radius 1 is 1.15 bits per heavy atom. The molecule has 3 fully saturated rings. The number of fused-ring (bicyclic) bond motifs is 1. The molecule has 1 spiro atoms. The number of rotatable bonds is 7. The lowest BCUT2D eigenvalue weighted by Gasteiger charge is -2.47. The van der Waals surface area contributed by atoms with Crippen molar-refractivity contribution in [1.82, 2.24) is 5.06 Å². The molecular weight excluding hydrogens is 441 g/mol. The van der Waals surface area contributed by atoms with Gasteiger partial charge in [0.2, 0.25) is 0 Å². The molecule has 2 bridgehead atoms. The average Bonchev–Trinajstić information content (AvgIpc) is 2.84. The Morgan fingerprint density at radius 3 is 2.77 bits per heavy atom. The third-order valence-corrected chi connectivity index (χ3v) is 6.57. The van der Waals surface area contributed by atoms with E-state index in [9.17, 15) is 0 Å². The number of nitrogens with zero attached hydrogens (tertiary/aromatic N) is 1. The highest BCUT2D eigenvalue weighted by Gasteiger charge is 2.59. The van der Waals surface area contributed by atoms with E-state index in [0.717, 1.165) is 6.42 Å². The summed E-state index contributed by atoms with van der Waals surface area (Å²) >= 11 is 2.34. The van der Waals surface area contributed by atoms with Gasteiger partial charge in [-0.3, -0.25) is 4.84 Å². The third-order valence-electron chi connectivity index (χ3n) is 6.15. The fourth-order valence-electron chi connectivity index (χ4n) is 5.05. The molecule has 0 unspecified atom stereocenters. The first-order valence-electron chi connectivity index (χ1n) is 9.76. The van der Waals surface area contributed by atoms with E-state index in [1.165, 1.54) is 37.7 Å². The molecule has 26 heavy (non-hydrogen) atoms. The third kappa shape index (κ3) is 3.74. The second-order valence-electron chi connectivity index (χ2n) is 7.68. The number of hydrogen-bond acceptors (Lipinski definition) is 4. The maximum Gasteiger partial charge on any atom is 0.147 e. The zero-order valence-corrected chi connectivity index (χ0v) is 17.3. The number of halogens is 1. The molecule has 2 aliphatic heterocycles. The van der Waals surface area contributed by atoms with Crippen LogP contribution < -0.4 is 0 Å². The van der Waals surface area contributed by atoms with Gasteiger partial charge in [0, 0.05) is 5.92 Å². The lowest BCUT2D eigenvalue weighted by Crippen LogP contribution is -2.56. The Kier molecular flexibility index (Phi) is 6.31. The van der Waals surface area contributed by atoms with Gasteiger partial charge < -0.3 is 9.47 Å². The van der Waals surface area contributed by atoms with Crippen LogP contribution >= 0.6 is 22.6 Å². The van der Waals surface area contributed by atoms with Crippen LogP contribution in [0.1, 0.15) is 44.1 Å². The van der Waals surface area contributed by atoms with Gasteiger partial charge in [0.15, 0.2) is 0 Å². The summed E-state index contributed by atoms with van der Waals surface area (Å²) in [4.78, 5) is 6.44. The van der Waals surface area contributed by atoms with E-state index < -0.39 is 0 Å². The van der Waals surface area contributed by atoms with E-state index in [1.807, 2.05) is 18.2 Å². The zero-order valence-electron chi connectivity index (χ0n) is 15.2. The van der Waals surface area contributed by atoms with Gasteiger partial charge in [0.25, 0.3) is 0 Å². The quantitative estimate of drug-likeness (QED) is 0.325. The SMILES string of the molecule is I/C=C\[C@@H]1[C@@H]2CCC[C@]13CCC[C@@H](COCOCc1ccccc1)N3O2. The van der Waals surface area contributed by atoms with Crippen molar-refractivity contribution < 1.29 is 14.3 Å². The van der Waals surface area contributed by atoms with Crippen molar-refractivity contribution in [2.24, 2.45) is 5.92 Å². The van der Waals surface area contributed by atoms with Crippen LogP contribution in [0.15, 0.2) is 40.5 Å². The molecule has 0 aromatic heterocycles. The van der Waals surface area contributed by atoms with Crippen LogP contribution in [0, 0.1) is 5.92 Å². The molecule has 4 atom stereocenters. The van der Waals surface area contributed by atoms with E-state index in [2.05, 4.69) is 49.9 Å². The summed E-state index contributed by atoms with van der Waals surface area (Å²) in [7, 11) is 0. The van der Waals surface area contributed by atoms with Crippen LogP contribution in [-0.4, -0.2) is 36.1 Å². The maximum atomic E-state index is 6.44. The molecule has 142 valence electrons. The lowest BCUT2D eigenvalue weighted by molar-refractivity contribution is -0.235. The number of benzene rings is 1. The molecule has 4 nitrogen and oxygen atoms in total. The van der Waals surface area contributed by atoms with Crippen molar-refractivity contribution in [3.8, 4) is 0 Å². The van der Waals surface area contributed by atoms with E-state index >= 15 is 0 Å². The minimum atomic E-state index is 0.196. The molecule has 0 amide bonds. The Morgan fingerprint density at radius 2 is 1.96 bits per heavy atom. The summed E-state index contributed by atoms with van der Waals surface area (Å²) in [5, 5.41) is 2.34. The molecule has 5 heteroatoms. The second-order valence-corrected chi connectivity index (χ2v) is 8.40. The number of hydroxylamine groups is 2. The normalized spacial score (nSPS) is 34.3. The summed E-state index contributed by atoms with van der Waals surface area (Å²) in [5.74, 6) is 0.533. The number of ether oxygens (including phenoxy) is 2. The Hall–Kier alpha value is -0.470. The second kappa shape index (κ2) is 8.69. The van der Waals surface area contributed by atoms with Crippen molar-refractivity contribution in [3.05, 3.63) is 46.1 Å². The first-order valence-corrected chi connectivity index (χ1v) is 11.0. The van der Waals surface area contributed by atoms with E-state index in [1.54, 1.807) is 0 Å². The molecule has 2 heterocycles. The van der Waals surface area contributed by atoms with Gasteiger partial charge in [0.05, 0.1) is 30.9 Å². The van der Waals surface area contributed by atoms with Gasteiger partial charge in [-0.1, -0.05) is 59.0 Å². The fraction of sp³-hybridized carbons (Fsp3) is 0.619. The molecule has 1 saturated carbocycles. The summed E-state index contributed by atoms with van der Waals surface area (Å²) in [6, 6.07) is 10.6. The summed E-state index contributed by atoms with van der Waals surface area (Å²) < 4.78 is 13.7. The molecule has 2 saturated heterocycles. The summed E-state index contributed by atoms with van der Waals surface area (Å²) in [6.45, 7) is 1.62. The van der Waals surface area contributed by atoms with E-state index in [-0.39, 0.29) is 5.54 Å². The van der Waals surface area contributed by atoms with Crippen molar-refractivity contribution in [2.45, 2.75) is 62.8 Å². The standard InChI is InChI=1S/C21H28INO3/c22-13-10-19-20-9-5-12-21(19)11-4-8-18(23(21)26-20)15-25-16-24-14-17-6-2-1-3-7-17/h1-3,6-7,10,13,18-20H,4-5,8-9,11-12,14-16H2/b13-10-/t18-,19+,20-,21+/m0/s1. The highest BCUT2D eigenvalue weighted by molar-refractivity contribution is 14.1. The van der Waals surface area contributed by atoms with Gasteiger partial charge >= 0.3 is 0 Å². The van der Waals surface area contributed by atoms with Crippen LogP contribution in [0.3, 0.4) is 0 Å². The largest absolute Gasteiger partial charge is 0.354 e. The van der Waals surface area contributed by atoms with Crippen LogP contribution in [0.25, 0.3) is 0 Å². The Bertz CT molecular complexity index is 607. The first kappa shape index (κ1) is 18.9. The van der Waals surface area contributed by atoms with Crippen LogP contribution in [0.5, 0.6) is 0 Å². The zero-order chi connectivity index (χ0) is 17.8. The van der Waals surface area contributed by atoms with Crippen molar-refractivity contribution in [2.75, 3.05) is 13.4 Å². The molecule has 3 aliphatic rings. The predicted molar refractivity (Wildman–Crippen MR) is 110 cm³/mol. The highest BCUT2D eigenvalue weighted by atomic mass is 127. The van der Waals surface area contributed by atoms with Crippen molar-refractivity contribution in [1.29, 1.82) is 0 Å². The van der Waals surface area contributed by atoms with Crippen LogP contribution in [-0.2, 0) is 20.9 Å². The molecule has 4 rings (SSSR count). The molecular formula is C21H28INO3. The number of hydrogen-bond donors (Lipinski definition) is 0. The van der Waals surface area contributed by atoms with E-state index in [4.69, 9.17) is 14.3 Å². The summed E-state index contributed by atoms with van der Waals surface area (Å²) in [6.07, 6.45) is 10.1. The van der Waals surface area contributed by atoms with Crippen LogP contribution in [0.4, 0.5) is 0 Å². The lowest BCUT2D eigenvalue weighted by atomic mass is 9.67. The topological polar surface area (TPSA) is 30.9 Å². The van der Waals surface area contributed by atoms with Gasteiger partial charge in [-0.2, -0.15) is 5.06 Å². The van der Waals surface area contributed by atoms with Gasteiger partial charge in [0.1, 0.15) is 6.79 Å². The van der Waals surface area contributed by atoms with Gasteiger partial charge in [-0.05, 0) is 48.2 Å². The van der Waals surface area contributed by atoms with Crippen LogP contribution in [0.2, 0.25) is 0 Å². The smallest absolute Gasteiger partial charge is 0.147 e. The maximum absolute atomic E-state index is 6.44. The van der Waals surface area contributed by atoms with Crippen molar-refractivity contribution in [3.63, 3.8) is 0 Å². The number of piperidine rings is 1. The first-order chi connectivity index (χ1) is 12.8. The predicted octanol–water partition coefficient (Wildman–Crippen LogP) is 4.83. The monoisotopic (exact) mass is 469 g/mol. The highest BCUT2D eigenvalue weighted by Crippen LogP contribution is 2.53. The Labute approximate surface area is 170 Å². The fourth-order valence-corrected chi connectivity index (χ4v) is 5.50. The van der Waals surface area contributed by atoms with E-state index in [0.29, 0.717) is 38.1 Å². The minimum Gasteiger partial charge on any atom is -0.354 e. The molecule has 1 aliphatic carbocycles. The van der Waals surface area contributed by atoms with Gasteiger partial charge in [-0.25, -0.2) is 0 Å².